The molecule has 3 heterocycles. The highest BCUT2D eigenvalue weighted by Gasteiger charge is 2.28. The molecule has 162 valence electrons. The first-order valence-electron chi connectivity index (χ1n) is 9.89. The van der Waals surface area contributed by atoms with Crippen LogP contribution in [-0.4, -0.2) is 64.5 Å². The van der Waals surface area contributed by atoms with E-state index in [1.54, 1.807) is 6.20 Å². The molecule has 9 nitrogen and oxygen atoms in total. The van der Waals surface area contributed by atoms with Gasteiger partial charge in [0.25, 0.3) is 5.91 Å². The van der Waals surface area contributed by atoms with Crippen molar-refractivity contribution in [1.29, 1.82) is 0 Å². The van der Waals surface area contributed by atoms with Crippen molar-refractivity contribution in [3.8, 4) is 11.1 Å². The van der Waals surface area contributed by atoms with Crippen LogP contribution in [0.5, 0.6) is 0 Å². The van der Waals surface area contributed by atoms with Gasteiger partial charge in [-0.2, -0.15) is 5.10 Å². The van der Waals surface area contributed by atoms with Gasteiger partial charge in [0.05, 0.1) is 36.3 Å². The van der Waals surface area contributed by atoms with Crippen LogP contribution in [0.4, 0.5) is 5.82 Å². The number of carbonyl (C=O) groups excluding carboxylic acids is 1. The van der Waals surface area contributed by atoms with Crippen molar-refractivity contribution < 1.29 is 19.4 Å². The highest BCUT2D eigenvalue weighted by atomic mass is 35.5. The van der Waals surface area contributed by atoms with Gasteiger partial charge < -0.3 is 20.1 Å². The predicted molar refractivity (Wildman–Crippen MR) is 116 cm³/mol. The number of aromatic amines is 1. The fourth-order valence-electron chi connectivity index (χ4n) is 3.57. The molecular weight excluding hydrogens is 422 g/mol. The fourth-order valence-corrected chi connectivity index (χ4v) is 3.77. The molecule has 1 aliphatic rings. The van der Waals surface area contributed by atoms with Crippen LogP contribution in [0.3, 0.4) is 0 Å². The predicted octanol–water partition coefficient (Wildman–Crippen LogP) is 2.38. The molecule has 0 bridgehead atoms. The summed E-state index contributed by atoms with van der Waals surface area (Å²) in [6, 6.07) is 5.92. The van der Waals surface area contributed by atoms with Gasteiger partial charge in [0.15, 0.2) is 6.10 Å². The number of rotatable bonds is 6. The number of benzene rings is 1. The van der Waals surface area contributed by atoms with E-state index >= 15 is 0 Å². The number of ether oxygens (including phenoxy) is 1. The Balaban J connectivity index is 1.65. The molecule has 10 heteroatoms. The molecule has 0 saturated carbocycles. The second-order valence-electron chi connectivity index (χ2n) is 7.35. The molecule has 1 atom stereocenters. The first kappa shape index (κ1) is 21.1. The minimum Gasteiger partial charge on any atom is -0.481 e. The zero-order valence-electron chi connectivity index (χ0n) is 16.9. The first-order valence-corrected chi connectivity index (χ1v) is 10.3. The lowest BCUT2D eigenvalue weighted by molar-refractivity contribution is -0.137. The monoisotopic (exact) mass is 443 g/mol. The largest absolute Gasteiger partial charge is 0.481 e. The van der Waals surface area contributed by atoms with Crippen LogP contribution >= 0.6 is 11.6 Å². The van der Waals surface area contributed by atoms with Gasteiger partial charge in [0, 0.05) is 30.2 Å². The smallest absolute Gasteiger partial charge is 0.305 e. The molecule has 0 aliphatic carbocycles. The number of pyridine rings is 1. The second kappa shape index (κ2) is 8.91. The minimum atomic E-state index is -0.967. The van der Waals surface area contributed by atoms with E-state index in [0.717, 1.165) is 22.1 Å². The van der Waals surface area contributed by atoms with Gasteiger partial charge in [0.1, 0.15) is 5.82 Å². The van der Waals surface area contributed by atoms with Gasteiger partial charge in [-0.25, -0.2) is 4.98 Å². The van der Waals surface area contributed by atoms with E-state index in [2.05, 4.69) is 15.5 Å². The minimum absolute atomic E-state index is 0.0573. The third-order valence-electron chi connectivity index (χ3n) is 5.23. The molecule has 4 rings (SSSR count). The number of amides is 1. The first-order chi connectivity index (χ1) is 14.9. The van der Waals surface area contributed by atoms with Gasteiger partial charge in [-0.15, -0.1) is 0 Å². The van der Waals surface area contributed by atoms with Crippen LogP contribution in [-0.2, 0) is 14.3 Å². The third kappa shape index (κ3) is 4.47. The van der Waals surface area contributed by atoms with E-state index in [4.69, 9.17) is 26.4 Å². The number of aliphatic carboxylic acids is 1. The lowest BCUT2D eigenvalue weighted by Crippen LogP contribution is -2.50. The van der Waals surface area contributed by atoms with Crippen LogP contribution in [0.2, 0.25) is 5.02 Å². The van der Waals surface area contributed by atoms with Crippen LogP contribution in [0, 0.1) is 6.92 Å². The number of nitrogens with zero attached hydrogens (tertiary/aromatic N) is 3. The summed E-state index contributed by atoms with van der Waals surface area (Å²) in [5, 5.41) is 19.7. The van der Waals surface area contributed by atoms with Gasteiger partial charge in [-0.05, 0) is 24.1 Å². The van der Waals surface area contributed by atoms with Crippen LogP contribution < -0.4 is 10.2 Å². The van der Waals surface area contributed by atoms with E-state index in [-0.39, 0.29) is 18.9 Å². The molecule has 3 N–H and O–H groups in total. The number of aromatic nitrogens is 3. The topological polar surface area (TPSA) is 120 Å². The molecule has 2 aromatic heterocycles. The Morgan fingerprint density at radius 2 is 2.26 bits per heavy atom. The number of carboxylic acids is 1. The zero-order chi connectivity index (χ0) is 22.0. The molecule has 0 unspecified atom stereocenters. The van der Waals surface area contributed by atoms with Crippen LogP contribution in [0.15, 0.2) is 30.6 Å². The number of halogens is 1. The molecule has 0 radical (unpaired) electrons. The SMILES string of the molecule is Cc1ccc2c(-c3cn[nH]c3)cc(N3CCO[C@@H](C(=O)NCCC(=O)O)C3)nc2c1Cl. The van der Waals surface area contributed by atoms with Crippen LogP contribution in [0.1, 0.15) is 12.0 Å². The van der Waals surface area contributed by atoms with Crippen LogP contribution in [0.25, 0.3) is 22.0 Å². The Bertz CT molecular complexity index is 1120. The quantitative estimate of drug-likeness (QED) is 0.534. The summed E-state index contributed by atoms with van der Waals surface area (Å²) in [5.41, 5.74) is 3.45. The van der Waals surface area contributed by atoms with E-state index in [1.807, 2.05) is 36.2 Å². The highest BCUT2D eigenvalue weighted by molar-refractivity contribution is 6.36. The molecule has 1 saturated heterocycles. The second-order valence-corrected chi connectivity index (χ2v) is 7.73. The van der Waals surface area contributed by atoms with E-state index in [1.165, 1.54) is 0 Å². The van der Waals surface area contributed by atoms with Gasteiger partial charge in [-0.1, -0.05) is 23.7 Å². The summed E-state index contributed by atoms with van der Waals surface area (Å²) >= 11 is 6.59. The average Bonchev–Trinajstić information content (AvgIpc) is 3.30. The lowest BCUT2D eigenvalue weighted by atomic mass is 10.0. The molecule has 1 amide bonds. The summed E-state index contributed by atoms with van der Waals surface area (Å²) in [6.45, 7) is 3.19. The molecular formula is C21H22ClN5O4. The van der Waals surface area contributed by atoms with Gasteiger partial charge >= 0.3 is 5.97 Å². The maximum absolute atomic E-state index is 12.4. The van der Waals surface area contributed by atoms with E-state index < -0.39 is 12.1 Å². The van der Waals surface area contributed by atoms with Crippen molar-refractivity contribution in [2.24, 2.45) is 0 Å². The number of hydrogen-bond acceptors (Lipinski definition) is 6. The van der Waals surface area contributed by atoms with Crippen molar-refractivity contribution in [3.05, 3.63) is 41.2 Å². The summed E-state index contributed by atoms with van der Waals surface area (Å²) in [4.78, 5) is 29.9. The van der Waals surface area contributed by atoms with Crippen molar-refractivity contribution in [3.63, 3.8) is 0 Å². The number of fused-ring (bicyclic) bond motifs is 1. The summed E-state index contributed by atoms with van der Waals surface area (Å²) in [6.07, 6.45) is 2.69. The number of hydrogen-bond donors (Lipinski definition) is 3. The summed E-state index contributed by atoms with van der Waals surface area (Å²) in [5.74, 6) is -0.621. The molecule has 3 aromatic rings. The molecule has 0 spiro atoms. The standard InChI is InChI=1S/C21H22ClN5O4/c1-12-2-3-14-15(13-9-24-25-10-13)8-17(26-20(14)19(12)22)27-6-7-31-16(11-27)21(30)23-5-4-18(28)29/h2-3,8-10,16H,4-7,11H2,1H3,(H,23,30)(H,24,25)(H,28,29)/t16-/m1/s1. The Hall–Kier alpha value is -3.17. The Labute approximate surface area is 183 Å². The van der Waals surface area contributed by atoms with E-state index in [9.17, 15) is 9.59 Å². The molecule has 1 aromatic carbocycles. The fraction of sp³-hybridized carbons (Fsp3) is 0.333. The average molecular weight is 444 g/mol. The molecule has 1 fully saturated rings. The Morgan fingerprint density at radius 3 is 3.00 bits per heavy atom. The number of nitrogens with one attached hydrogen (secondary N) is 2. The third-order valence-corrected chi connectivity index (χ3v) is 5.71. The van der Waals surface area contributed by atoms with Crippen molar-refractivity contribution in [2.45, 2.75) is 19.4 Å². The van der Waals surface area contributed by atoms with Crippen molar-refractivity contribution in [1.82, 2.24) is 20.5 Å². The highest BCUT2D eigenvalue weighted by Crippen LogP contribution is 2.35. The maximum atomic E-state index is 12.4. The lowest BCUT2D eigenvalue weighted by Gasteiger charge is -2.33. The van der Waals surface area contributed by atoms with E-state index in [0.29, 0.717) is 36.1 Å². The number of aryl methyl sites for hydroxylation is 1. The Kier molecular flexibility index (Phi) is 6.06. The maximum Gasteiger partial charge on any atom is 0.305 e. The summed E-state index contributed by atoms with van der Waals surface area (Å²) < 4.78 is 5.61. The van der Waals surface area contributed by atoms with Gasteiger partial charge in [0.2, 0.25) is 0 Å². The Morgan fingerprint density at radius 1 is 1.42 bits per heavy atom. The summed E-state index contributed by atoms with van der Waals surface area (Å²) in [7, 11) is 0. The number of anilines is 1. The zero-order valence-corrected chi connectivity index (χ0v) is 17.6. The normalized spacial score (nSPS) is 16.5. The van der Waals surface area contributed by atoms with Gasteiger partial charge in [-0.3, -0.25) is 14.7 Å². The van der Waals surface area contributed by atoms with Crippen molar-refractivity contribution >= 4 is 40.2 Å². The number of carboxylic acid groups (broad SMARTS) is 1. The molecule has 1 aliphatic heterocycles. The number of H-pyrrole nitrogens is 1. The molecule has 31 heavy (non-hydrogen) atoms. The number of morpholine rings is 1. The number of carbonyl (C=O) groups is 2. The van der Waals surface area contributed by atoms with Crippen molar-refractivity contribution in [2.75, 3.05) is 31.1 Å².